The Kier molecular flexibility index (Phi) is 5.42. The standard InChI is InChI=1S/C22H22O4/c1-4-24-22(23)20-18-14-17(25-13-12-15(2)3)10-11-19(18)26-21(20)16-8-6-5-7-9-16/h5-12,14H,4,13H2,1-3H3. The third-order valence-electron chi connectivity index (χ3n) is 3.92. The molecule has 0 spiro atoms. The number of rotatable bonds is 6. The molecule has 4 heteroatoms. The van der Waals surface area contributed by atoms with Gasteiger partial charge in [-0.1, -0.05) is 35.9 Å². The van der Waals surface area contributed by atoms with Gasteiger partial charge in [-0.25, -0.2) is 4.79 Å². The van der Waals surface area contributed by atoms with Crippen LogP contribution in [0.15, 0.2) is 64.6 Å². The summed E-state index contributed by atoms with van der Waals surface area (Å²) >= 11 is 0. The summed E-state index contributed by atoms with van der Waals surface area (Å²) in [5, 5.41) is 0.692. The fourth-order valence-corrected chi connectivity index (χ4v) is 2.67. The number of hydrogen-bond acceptors (Lipinski definition) is 4. The summed E-state index contributed by atoms with van der Waals surface area (Å²) in [6.45, 7) is 6.61. The number of carbonyl (C=O) groups is 1. The van der Waals surface area contributed by atoms with Gasteiger partial charge in [0.15, 0.2) is 0 Å². The number of ether oxygens (including phenoxy) is 2. The Bertz CT molecular complexity index is 931. The number of fused-ring (bicyclic) bond motifs is 1. The van der Waals surface area contributed by atoms with Crippen LogP contribution in [0.3, 0.4) is 0 Å². The first-order valence-electron chi connectivity index (χ1n) is 8.65. The van der Waals surface area contributed by atoms with Gasteiger partial charge in [0.2, 0.25) is 0 Å². The maximum Gasteiger partial charge on any atom is 0.342 e. The first kappa shape index (κ1) is 17.8. The van der Waals surface area contributed by atoms with Crippen molar-refractivity contribution in [2.45, 2.75) is 20.8 Å². The van der Waals surface area contributed by atoms with Gasteiger partial charge in [0, 0.05) is 10.9 Å². The summed E-state index contributed by atoms with van der Waals surface area (Å²) in [6.07, 6.45) is 2.00. The maximum absolute atomic E-state index is 12.6. The van der Waals surface area contributed by atoms with E-state index in [1.807, 2.05) is 68.5 Å². The normalized spacial score (nSPS) is 10.6. The molecule has 0 unspecified atom stereocenters. The highest BCUT2D eigenvalue weighted by Gasteiger charge is 2.23. The van der Waals surface area contributed by atoms with E-state index in [0.717, 1.165) is 5.56 Å². The molecule has 3 aromatic rings. The highest BCUT2D eigenvalue weighted by molar-refractivity contribution is 6.09. The number of esters is 1. The van der Waals surface area contributed by atoms with Gasteiger partial charge in [0.25, 0.3) is 0 Å². The van der Waals surface area contributed by atoms with E-state index in [4.69, 9.17) is 13.9 Å². The van der Waals surface area contributed by atoms with Crippen LogP contribution in [0.25, 0.3) is 22.3 Å². The fourth-order valence-electron chi connectivity index (χ4n) is 2.67. The summed E-state index contributed by atoms with van der Waals surface area (Å²) in [5.74, 6) is 0.799. The second-order valence-corrected chi connectivity index (χ2v) is 6.14. The van der Waals surface area contributed by atoms with Crippen molar-refractivity contribution in [3.63, 3.8) is 0 Å². The van der Waals surface area contributed by atoms with E-state index in [0.29, 0.717) is 41.3 Å². The van der Waals surface area contributed by atoms with Crippen LogP contribution in [-0.2, 0) is 4.74 Å². The van der Waals surface area contributed by atoms with E-state index in [-0.39, 0.29) is 0 Å². The Morgan fingerprint density at radius 2 is 1.88 bits per heavy atom. The zero-order valence-corrected chi connectivity index (χ0v) is 15.2. The highest BCUT2D eigenvalue weighted by Crippen LogP contribution is 2.36. The number of allylic oxidation sites excluding steroid dienone is 1. The molecule has 134 valence electrons. The molecule has 0 aliphatic carbocycles. The van der Waals surface area contributed by atoms with Crippen molar-refractivity contribution in [2.75, 3.05) is 13.2 Å². The quantitative estimate of drug-likeness (QED) is 0.427. The predicted octanol–water partition coefficient (Wildman–Crippen LogP) is 5.62. The third-order valence-corrected chi connectivity index (χ3v) is 3.92. The maximum atomic E-state index is 12.6. The van der Waals surface area contributed by atoms with E-state index in [1.165, 1.54) is 5.57 Å². The number of furan rings is 1. The minimum Gasteiger partial charge on any atom is -0.490 e. The molecule has 1 aromatic heterocycles. The van der Waals surface area contributed by atoms with Crippen LogP contribution in [0.2, 0.25) is 0 Å². The summed E-state index contributed by atoms with van der Waals surface area (Å²) < 4.78 is 17.0. The Morgan fingerprint density at radius 1 is 1.12 bits per heavy atom. The highest BCUT2D eigenvalue weighted by atomic mass is 16.5. The van der Waals surface area contributed by atoms with E-state index in [9.17, 15) is 4.79 Å². The third kappa shape index (κ3) is 3.80. The molecular formula is C22H22O4. The number of benzene rings is 2. The minimum atomic E-state index is -0.397. The van der Waals surface area contributed by atoms with Crippen LogP contribution in [0, 0.1) is 0 Å². The molecule has 0 N–H and O–H groups in total. The van der Waals surface area contributed by atoms with Crippen molar-refractivity contribution in [1.29, 1.82) is 0 Å². The molecule has 1 heterocycles. The van der Waals surface area contributed by atoms with Crippen molar-refractivity contribution in [3.05, 3.63) is 65.7 Å². The van der Waals surface area contributed by atoms with E-state index < -0.39 is 5.97 Å². The average Bonchev–Trinajstić information content (AvgIpc) is 3.01. The van der Waals surface area contributed by atoms with Gasteiger partial charge in [-0.2, -0.15) is 0 Å². The van der Waals surface area contributed by atoms with Crippen LogP contribution in [0.1, 0.15) is 31.1 Å². The minimum absolute atomic E-state index is 0.302. The molecule has 0 aliphatic rings. The van der Waals surface area contributed by atoms with Crippen LogP contribution >= 0.6 is 0 Å². The summed E-state index contributed by atoms with van der Waals surface area (Å²) in [6, 6.07) is 15.1. The number of carbonyl (C=O) groups excluding carboxylic acids is 1. The van der Waals surface area contributed by atoms with Gasteiger partial charge < -0.3 is 13.9 Å². The van der Waals surface area contributed by atoms with Gasteiger partial charge >= 0.3 is 5.97 Å². The molecule has 0 fully saturated rings. The monoisotopic (exact) mass is 350 g/mol. The lowest BCUT2D eigenvalue weighted by molar-refractivity contribution is 0.0529. The lowest BCUT2D eigenvalue weighted by Crippen LogP contribution is -2.05. The Balaban J connectivity index is 2.08. The summed E-state index contributed by atoms with van der Waals surface area (Å²) in [5.41, 5.74) is 3.08. The molecule has 0 atom stereocenters. The van der Waals surface area contributed by atoms with E-state index >= 15 is 0 Å². The van der Waals surface area contributed by atoms with Crippen molar-refractivity contribution in [3.8, 4) is 17.1 Å². The average molecular weight is 350 g/mol. The Hall–Kier alpha value is -3.01. The lowest BCUT2D eigenvalue weighted by atomic mass is 10.1. The zero-order chi connectivity index (χ0) is 18.5. The van der Waals surface area contributed by atoms with Gasteiger partial charge in [-0.3, -0.25) is 0 Å². The largest absolute Gasteiger partial charge is 0.490 e. The lowest BCUT2D eigenvalue weighted by Gasteiger charge is -2.05. The Morgan fingerprint density at radius 3 is 2.58 bits per heavy atom. The SMILES string of the molecule is CCOC(=O)c1c(-c2ccccc2)oc2ccc(OCC=C(C)C)cc12. The molecule has 0 amide bonds. The molecule has 26 heavy (non-hydrogen) atoms. The van der Waals surface area contributed by atoms with Gasteiger partial charge in [0.1, 0.15) is 29.3 Å². The van der Waals surface area contributed by atoms with Crippen LogP contribution in [0.5, 0.6) is 5.75 Å². The van der Waals surface area contributed by atoms with Crippen LogP contribution in [-0.4, -0.2) is 19.2 Å². The topological polar surface area (TPSA) is 48.7 Å². The van der Waals surface area contributed by atoms with Crippen molar-refractivity contribution in [1.82, 2.24) is 0 Å². The van der Waals surface area contributed by atoms with Crippen molar-refractivity contribution < 1.29 is 18.7 Å². The van der Waals surface area contributed by atoms with Gasteiger partial charge in [-0.15, -0.1) is 0 Å². The predicted molar refractivity (Wildman–Crippen MR) is 103 cm³/mol. The molecule has 3 rings (SSSR count). The molecule has 0 bridgehead atoms. The summed E-state index contributed by atoms with van der Waals surface area (Å²) in [7, 11) is 0. The second-order valence-electron chi connectivity index (χ2n) is 6.14. The van der Waals surface area contributed by atoms with Crippen LogP contribution in [0.4, 0.5) is 0 Å². The molecule has 0 aliphatic heterocycles. The van der Waals surface area contributed by atoms with Crippen molar-refractivity contribution in [2.24, 2.45) is 0 Å². The fraction of sp³-hybridized carbons (Fsp3) is 0.227. The van der Waals surface area contributed by atoms with Gasteiger partial charge in [0.05, 0.1) is 6.61 Å². The Labute approximate surface area is 153 Å². The summed E-state index contributed by atoms with van der Waals surface area (Å²) in [4.78, 5) is 12.6. The van der Waals surface area contributed by atoms with E-state index in [2.05, 4.69) is 0 Å². The first-order chi connectivity index (χ1) is 12.6. The first-order valence-corrected chi connectivity index (χ1v) is 8.65. The van der Waals surface area contributed by atoms with E-state index in [1.54, 1.807) is 6.92 Å². The molecule has 2 aromatic carbocycles. The molecule has 0 radical (unpaired) electrons. The smallest absolute Gasteiger partial charge is 0.342 e. The van der Waals surface area contributed by atoms with Gasteiger partial charge in [-0.05, 0) is 45.0 Å². The van der Waals surface area contributed by atoms with Crippen LogP contribution < -0.4 is 4.74 Å². The zero-order valence-electron chi connectivity index (χ0n) is 15.2. The molecule has 0 saturated heterocycles. The molecular weight excluding hydrogens is 328 g/mol. The molecule has 0 saturated carbocycles. The number of hydrogen-bond donors (Lipinski definition) is 0. The second kappa shape index (κ2) is 7.91. The van der Waals surface area contributed by atoms with Crippen molar-refractivity contribution >= 4 is 16.9 Å². The molecule has 4 nitrogen and oxygen atoms in total.